The largest absolute Gasteiger partial charge is 0.306 e. The van der Waals surface area contributed by atoms with E-state index in [2.05, 4.69) is 51.2 Å². The van der Waals surface area contributed by atoms with Gasteiger partial charge < -0.3 is 5.32 Å². The van der Waals surface area contributed by atoms with Crippen molar-refractivity contribution in [1.29, 1.82) is 0 Å². The van der Waals surface area contributed by atoms with Crippen molar-refractivity contribution >= 4 is 11.3 Å². The van der Waals surface area contributed by atoms with E-state index in [1.807, 2.05) is 23.9 Å². The molecule has 0 unspecified atom stereocenters. The minimum atomic E-state index is 0.808. The second kappa shape index (κ2) is 6.65. The Morgan fingerprint density at radius 2 is 2.00 bits per heavy atom. The Bertz CT molecular complexity index is 687. The van der Waals surface area contributed by atoms with Crippen molar-refractivity contribution in [2.45, 2.75) is 26.6 Å². The van der Waals surface area contributed by atoms with E-state index in [0.29, 0.717) is 0 Å². The summed E-state index contributed by atoms with van der Waals surface area (Å²) in [7, 11) is 0. The van der Waals surface area contributed by atoms with Crippen LogP contribution in [0.5, 0.6) is 0 Å². The molecule has 0 radical (unpaired) electrons. The van der Waals surface area contributed by atoms with E-state index in [4.69, 9.17) is 0 Å². The number of thiazole rings is 1. The lowest BCUT2D eigenvalue weighted by Crippen LogP contribution is -2.12. The molecule has 0 saturated carbocycles. The zero-order valence-corrected chi connectivity index (χ0v) is 12.8. The third-order valence-corrected chi connectivity index (χ3v) is 4.11. The fraction of sp³-hybridized carbons (Fsp3) is 0.250. The predicted molar refractivity (Wildman–Crippen MR) is 85.2 cm³/mol. The van der Waals surface area contributed by atoms with Crippen molar-refractivity contribution in [3.05, 3.63) is 69.9 Å². The SMILES string of the molecule is Cc1csc(CNCc2cnn(Cc3ccccc3)c2)n1. The standard InChI is InChI=1S/C16H18N4S/c1-13-12-21-16(19-13)9-17-7-15-8-18-20(11-15)10-14-5-3-2-4-6-14/h2-6,8,11-12,17H,7,9-10H2,1H3. The second-order valence-corrected chi connectivity index (χ2v) is 5.96. The van der Waals surface area contributed by atoms with Gasteiger partial charge in [0.2, 0.25) is 0 Å². The molecule has 0 atom stereocenters. The maximum Gasteiger partial charge on any atom is 0.107 e. The summed E-state index contributed by atoms with van der Waals surface area (Å²) in [5, 5.41) is 11.0. The third kappa shape index (κ3) is 4.00. The third-order valence-electron chi connectivity index (χ3n) is 3.15. The monoisotopic (exact) mass is 298 g/mol. The quantitative estimate of drug-likeness (QED) is 0.761. The van der Waals surface area contributed by atoms with Crippen molar-refractivity contribution in [3.8, 4) is 0 Å². The summed E-state index contributed by atoms with van der Waals surface area (Å²) in [6, 6.07) is 10.4. The van der Waals surface area contributed by atoms with Gasteiger partial charge >= 0.3 is 0 Å². The molecule has 0 aliphatic heterocycles. The van der Waals surface area contributed by atoms with Crippen molar-refractivity contribution in [2.75, 3.05) is 0 Å². The summed E-state index contributed by atoms with van der Waals surface area (Å²) >= 11 is 1.70. The first-order valence-electron chi connectivity index (χ1n) is 6.96. The zero-order chi connectivity index (χ0) is 14.5. The number of hydrogen-bond donors (Lipinski definition) is 1. The van der Waals surface area contributed by atoms with Crippen LogP contribution in [0.4, 0.5) is 0 Å². The Morgan fingerprint density at radius 1 is 1.14 bits per heavy atom. The minimum absolute atomic E-state index is 0.808. The number of aryl methyl sites for hydroxylation is 1. The van der Waals surface area contributed by atoms with Crippen molar-refractivity contribution in [1.82, 2.24) is 20.1 Å². The van der Waals surface area contributed by atoms with Crippen LogP contribution in [0, 0.1) is 6.92 Å². The fourth-order valence-corrected chi connectivity index (χ4v) is 2.89. The van der Waals surface area contributed by atoms with Gasteiger partial charge in [-0.2, -0.15) is 5.10 Å². The molecule has 0 spiro atoms. The molecule has 0 aliphatic rings. The molecular weight excluding hydrogens is 280 g/mol. The van der Waals surface area contributed by atoms with Gasteiger partial charge in [0.15, 0.2) is 0 Å². The molecule has 0 fully saturated rings. The first kappa shape index (κ1) is 14.0. The van der Waals surface area contributed by atoms with Crippen LogP contribution in [0.25, 0.3) is 0 Å². The van der Waals surface area contributed by atoms with Crippen LogP contribution in [0.2, 0.25) is 0 Å². The predicted octanol–water partition coefficient (Wildman–Crippen LogP) is 2.99. The molecule has 21 heavy (non-hydrogen) atoms. The molecule has 108 valence electrons. The van der Waals surface area contributed by atoms with Crippen molar-refractivity contribution < 1.29 is 0 Å². The molecule has 2 aromatic heterocycles. The lowest BCUT2D eigenvalue weighted by atomic mass is 10.2. The number of hydrogen-bond acceptors (Lipinski definition) is 4. The highest BCUT2D eigenvalue weighted by Crippen LogP contribution is 2.08. The minimum Gasteiger partial charge on any atom is -0.306 e. The van der Waals surface area contributed by atoms with E-state index in [9.17, 15) is 0 Å². The molecular formula is C16H18N4S. The number of nitrogens with one attached hydrogen (secondary N) is 1. The van der Waals surface area contributed by atoms with Crippen LogP contribution in [0.1, 0.15) is 21.8 Å². The smallest absolute Gasteiger partial charge is 0.107 e. The van der Waals surface area contributed by atoms with E-state index in [1.54, 1.807) is 11.3 Å². The Balaban J connectivity index is 1.51. The van der Waals surface area contributed by atoms with Crippen molar-refractivity contribution in [2.24, 2.45) is 0 Å². The molecule has 3 rings (SSSR count). The first-order valence-corrected chi connectivity index (χ1v) is 7.84. The van der Waals surface area contributed by atoms with Gasteiger partial charge in [0, 0.05) is 35.9 Å². The van der Waals surface area contributed by atoms with Gasteiger partial charge in [-0.15, -0.1) is 11.3 Å². The van der Waals surface area contributed by atoms with Crippen LogP contribution in [-0.4, -0.2) is 14.8 Å². The molecule has 0 aliphatic carbocycles. The number of rotatable bonds is 6. The summed E-state index contributed by atoms with van der Waals surface area (Å²) in [5.41, 5.74) is 3.55. The van der Waals surface area contributed by atoms with Crippen molar-refractivity contribution in [3.63, 3.8) is 0 Å². The molecule has 5 heteroatoms. The highest BCUT2D eigenvalue weighted by Gasteiger charge is 2.01. The van der Waals surface area contributed by atoms with Gasteiger partial charge in [-0.1, -0.05) is 30.3 Å². The van der Waals surface area contributed by atoms with Gasteiger partial charge in [-0.25, -0.2) is 4.98 Å². The van der Waals surface area contributed by atoms with E-state index in [1.165, 1.54) is 11.1 Å². The molecule has 1 N–H and O–H groups in total. The highest BCUT2D eigenvalue weighted by molar-refractivity contribution is 7.09. The van der Waals surface area contributed by atoms with Gasteiger partial charge in [0.05, 0.1) is 12.7 Å². The summed E-state index contributed by atoms with van der Waals surface area (Å²) < 4.78 is 1.97. The molecule has 1 aromatic carbocycles. The van der Waals surface area contributed by atoms with Crippen LogP contribution in [-0.2, 0) is 19.6 Å². The van der Waals surface area contributed by atoms with Crippen LogP contribution in [0.15, 0.2) is 48.1 Å². The average molecular weight is 298 g/mol. The first-order chi connectivity index (χ1) is 10.3. The normalized spacial score (nSPS) is 10.9. The summed E-state index contributed by atoms with van der Waals surface area (Å²) in [6.45, 7) is 4.45. The maximum atomic E-state index is 4.44. The fourth-order valence-electron chi connectivity index (χ4n) is 2.15. The summed E-state index contributed by atoms with van der Waals surface area (Å²) in [4.78, 5) is 4.44. The summed E-state index contributed by atoms with van der Waals surface area (Å²) in [6.07, 6.45) is 4.01. The Morgan fingerprint density at radius 3 is 2.76 bits per heavy atom. The Labute approximate surface area is 128 Å². The van der Waals surface area contributed by atoms with Crippen LogP contribution < -0.4 is 5.32 Å². The van der Waals surface area contributed by atoms with Gasteiger partial charge in [-0.3, -0.25) is 4.68 Å². The van der Waals surface area contributed by atoms with E-state index in [-0.39, 0.29) is 0 Å². The van der Waals surface area contributed by atoms with E-state index in [0.717, 1.165) is 30.3 Å². The number of aromatic nitrogens is 3. The maximum absolute atomic E-state index is 4.44. The topological polar surface area (TPSA) is 42.7 Å². The Kier molecular flexibility index (Phi) is 4.43. The second-order valence-electron chi connectivity index (χ2n) is 5.02. The Hall–Kier alpha value is -1.98. The lowest BCUT2D eigenvalue weighted by molar-refractivity contribution is 0.675. The molecule has 0 saturated heterocycles. The highest BCUT2D eigenvalue weighted by atomic mass is 32.1. The zero-order valence-electron chi connectivity index (χ0n) is 12.0. The average Bonchev–Trinajstić information content (AvgIpc) is 3.10. The molecule has 0 bridgehead atoms. The molecule has 2 heterocycles. The van der Waals surface area contributed by atoms with Gasteiger partial charge in [-0.05, 0) is 12.5 Å². The molecule has 3 aromatic rings. The number of benzene rings is 1. The van der Waals surface area contributed by atoms with Gasteiger partial charge in [0.1, 0.15) is 5.01 Å². The van der Waals surface area contributed by atoms with E-state index < -0.39 is 0 Å². The van der Waals surface area contributed by atoms with Crippen LogP contribution >= 0.6 is 11.3 Å². The lowest BCUT2D eigenvalue weighted by Gasteiger charge is -2.01. The van der Waals surface area contributed by atoms with E-state index >= 15 is 0 Å². The summed E-state index contributed by atoms with van der Waals surface area (Å²) in [5.74, 6) is 0. The number of nitrogens with zero attached hydrogens (tertiary/aromatic N) is 3. The van der Waals surface area contributed by atoms with Gasteiger partial charge in [0.25, 0.3) is 0 Å². The van der Waals surface area contributed by atoms with Crippen LogP contribution in [0.3, 0.4) is 0 Å². The molecule has 4 nitrogen and oxygen atoms in total. The molecule has 0 amide bonds.